The Kier molecular flexibility index (Phi) is 3.25. The highest BCUT2D eigenvalue weighted by Gasteiger charge is 1.99. The van der Waals surface area contributed by atoms with Gasteiger partial charge < -0.3 is 4.74 Å². The van der Waals surface area contributed by atoms with E-state index in [-0.39, 0.29) is 0 Å². The zero-order valence-electron chi connectivity index (χ0n) is 9.68. The highest BCUT2D eigenvalue weighted by molar-refractivity contribution is 5.27. The Bertz CT molecular complexity index is 462. The van der Waals surface area contributed by atoms with E-state index in [0.29, 0.717) is 6.61 Å². The van der Waals surface area contributed by atoms with Gasteiger partial charge in [-0.25, -0.2) is 0 Å². The normalized spacial score (nSPS) is 10.4. The van der Waals surface area contributed by atoms with Crippen LogP contribution in [0.15, 0.2) is 36.5 Å². The Morgan fingerprint density at radius 3 is 2.88 bits per heavy atom. The molecule has 84 valence electrons. The third-order valence-electron chi connectivity index (χ3n) is 2.54. The minimum Gasteiger partial charge on any atom is -0.493 e. The first-order valence-corrected chi connectivity index (χ1v) is 5.42. The molecule has 1 heterocycles. The zero-order valence-corrected chi connectivity index (χ0v) is 9.68. The maximum Gasteiger partial charge on any atom is 0.119 e. The van der Waals surface area contributed by atoms with Crippen molar-refractivity contribution in [2.24, 2.45) is 7.05 Å². The van der Waals surface area contributed by atoms with Gasteiger partial charge in [-0.15, -0.1) is 0 Å². The van der Waals surface area contributed by atoms with Crippen LogP contribution in [0.2, 0.25) is 0 Å². The summed E-state index contributed by atoms with van der Waals surface area (Å²) in [6.07, 6.45) is 2.69. The lowest BCUT2D eigenvalue weighted by molar-refractivity contribution is 0.318. The monoisotopic (exact) mass is 216 g/mol. The van der Waals surface area contributed by atoms with E-state index in [2.05, 4.69) is 18.1 Å². The number of hydrogen-bond donors (Lipinski definition) is 0. The molecule has 0 aliphatic heterocycles. The van der Waals surface area contributed by atoms with Crippen molar-refractivity contribution in [1.29, 1.82) is 0 Å². The summed E-state index contributed by atoms with van der Waals surface area (Å²) < 4.78 is 7.55. The smallest absolute Gasteiger partial charge is 0.119 e. The summed E-state index contributed by atoms with van der Waals surface area (Å²) in [7, 11) is 1.95. The van der Waals surface area contributed by atoms with E-state index in [0.717, 1.165) is 12.2 Å². The Hall–Kier alpha value is -1.77. The van der Waals surface area contributed by atoms with Crippen LogP contribution in [0.25, 0.3) is 0 Å². The molecule has 0 amide bonds. The number of aryl methyl sites for hydroxylation is 2. The topological polar surface area (TPSA) is 27.1 Å². The fourth-order valence-corrected chi connectivity index (χ4v) is 1.63. The summed E-state index contributed by atoms with van der Waals surface area (Å²) in [6, 6.07) is 10.1. The van der Waals surface area contributed by atoms with E-state index in [1.54, 1.807) is 0 Å². The van der Waals surface area contributed by atoms with Crippen LogP contribution in [0.3, 0.4) is 0 Å². The van der Waals surface area contributed by atoms with E-state index in [1.165, 1.54) is 11.3 Å². The van der Waals surface area contributed by atoms with Gasteiger partial charge in [-0.2, -0.15) is 5.10 Å². The lowest BCUT2D eigenvalue weighted by atomic mass is 10.2. The first-order valence-electron chi connectivity index (χ1n) is 5.42. The molecule has 2 rings (SSSR count). The molecule has 0 aliphatic carbocycles. The number of nitrogens with zero attached hydrogens (tertiary/aromatic N) is 2. The molecule has 0 radical (unpaired) electrons. The van der Waals surface area contributed by atoms with Crippen molar-refractivity contribution in [2.75, 3.05) is 6.61 Å². The van der Waals surface area contributed by atoms with Gasteiger partial charge in [-0.1, -0.05) is 12.1 Å². The molecule has 0 spiro atoms. The average molecular weight is 216 g/mol. The Morgan fingerprint density at radius 1 is 1.31 bits per heavy atom. The van der Waals surface area contributed by atoms with Crippen LogP contribution in [0.1, 0.15) is 11.3 Å². The second kappa shape index (κ2) is 4.84. The Morgan fingerprint density at radius 2 is 2.19 bits per heavy atom. The minimum absolute atomic E-state index is 0.684. The second-order valence-corrected chi connectivity index (χ2v) is 3.86. The fraction of sp³-hybridized carbons (Fsp3) is 0.308. The van der Waals surface area contributed by atoms with Crippen LogP contribution >= 0.6 is 0 Å². The van der Waals surface area contributed by atoms with Gasteiger partial charge in [0, 0.05) is 25.4 Å². The number of aromatic nitrogens is 2. The highest BCUT2D eigenvalue weighted by atomic mass is 16.5. The summed E-state index contributed by atoms with van der Waals surface area (Å²) in [5, 5.41) is 4.12. The standard InChI is InChI=1S/C13H16N2O/c1-11-4-3-5-13(10-11)16-9-7-12-6-8-14-15(12)2/h3-6,8,10H,7,9H2,1-2H3. The summed E-state index contributed by atoms with van der Waals surface area (Å²) in [5.41, 5.74) is 2.41. The number of ether oxygens (including phenoxy) is 1. The molecule has 0 saturated heterocycles. The zero-order chi connectivity index (χ0) is 11.4. The van der Waals surface area contributed by atoms with Gasteiger partial charge >= 0.3 is 0 Å². The molecule has 3 heteroatoms. The third-order valence-corrected chi connectivity index (χ3v) is 2.54. The second-order valence-electron chi connectivity index (χ2n) is 3.86. The van der Waals surface area contributed by atoms with Crippen molar-refractivity contribution in [3.8, 4) is 5.75 Å². The molecule has 0 atom stereocenters. The van der Waals surface area contributed by atoms with Crippen LogP contribution < -0.4 is 4.74 Å². The Balaban J connectivity index is 1.87. The number of rotatable bonds is 4. The maximum atomic E-state index is 5.67. The molecule has 16 heavy (non-hydrogen) atoms. The van der Waals surface area contributed by atoms with Crippen LogP contribution in [0, 0.1) is 6.92 Å². The average Bonchev–Trinajstić information content (AvgIpc) is 2.65. The van der Waals surface area contributed by atoms with Crippen molar-refractivity contribution in [3.63, 3.8) is 0 Å². The van der Waals surface area contributed by atoms with E-state index < -0.39 is 0 Å². The lowest BCUT2D eigenvalue weighted by Crippen LogP contribution is -2.05. The highest BCUT2D eigenvalue weighted by Crippen LogP contribution is 2.12. The van der Waals surface area contributed by atoms with E-state index in [9.17, 15) is 0 Å². The van der Waals surface area contributed by atoms with Crippen molar-refractivity contribution < 1.29 is 4.74 Å². The summed E-state index contributed by atoms with van der Waals surface area (Å²) in [6.45, 7) is 2.75. The summed E-state index contributed by atoms with van der Waals surface area (Å²) in [5.74, 6) is 0.933. The molecule has 0 unspecified atom stereocenters. The van der Waals surface area contributed by atoms with Gasteiger partial charge in [-0.05, 0) is 30.7 Å². The van der Waals surface area contributed by atoms with E-state index in [4.69, 9.17) is 4.74 Å². The molecule has 0 N–H and O–H groups in total. The van der Waals surface area contributed by atoms with Gasteiger partial charge in [0.15, 0.2) is 0 Å². The molecule has 3 nitrogen and oxygen atoms in total. The first-order chi connectivity index (χ1) is 7.75. The first kappa shape index (κ1) is 10.7. The lowest BCUT2D eigenvalue weighted by Gasteiger charge is -2.06. The van der Waals surface area contributed by atoms with Crippen LogP contribution in [0.4, 0.5) is 0 Å². The molecule has 1 aromatic heterocycles. The van der Waals surface area contributed by atoms with Crippen LogP contribution in [-0.2, 0) is 13.5 Å². The summed E-state index contributed by atoms with van der Waals surface area (Å²) in [4.78, 5) is 0. The van der Waals surface area contributed by atoms with Crippen LogP contribution in [0.5, 0.6) is 5.75 Å². The molecule has 0 aliphatic rings. The minimum atomic E-state index is 0.684. The predicted octanol–water partition coefficient (Wildman–Crippen LogP) is 2.35. The molecular weight excluding hydrogens is 200 g/mol. The van der Waals surface area contributed by atoms with Gasteiger partial charge in [0.05, 0.1) is 6.61 Å². The predicted molar refractivity (Wildman–Crippen MR) is 63.6 cm³/mol. The number of benzene rings is 1. The molecule has 1 aromatic carbocycles. The summed E-state index contributed by atoms with van der Waals surface area (Å²) >= 11 is 0. The van der Waals surface area contributed by atoms with Crippen molar-refractivity contribution in [3.05, 3.63) is 47.8 Å². The van der Waals surface area contributed by atoms with Crippen molar-refractivity contribution in [1.82, 2.24) is 9.78 Å². The quantitative estimate of drug-likeness (QED) is 0.784. The van der Waals surface area contributed by atoms with Crippen molar-refractivity contribution >= 4 is 0 Å². The molecule has 0 fully saturated rings. The fourth-order valence-electron chi connectivity index (χ4n) is 1.63. The third kappa shape index (κ3) is 2.63. The van der Waals surface area contributed by atoms with Crippen LogP contribution in [-0.4, -0.2) is 16.4 Å². The van der Waals surface area contributed by atoms with Gasteiger partial charge in [0.2, 0.25) is 0 Å². The number of hydrogen-bond acceptors (Lipinski definition) is 2. The molecule has 0 bridgehead atoms. The Labute approximate surface area is 95.7 Å². The van der Waals surface area contributed by atoms with Gasteiger partial charge in [-0.3, -0.25) is 4.68 Å². The van der Waals surface area contributed by atoms with E-state index in [1.807, 2.05) is 42.2 Å². The van der Waals surface area contributed by atoms with Crippen molar-refractivity contribution in [2.45, 2.75) is 13.3 Å². The molecule has 2 aromatic rings. The van der Waals surface area contributed by atoms with Gasteiger partial charge in [0.1, 0.15) is 5.75 Å². The largest absolute Gasteiger partial charge is 0.493 e. The SMILES string of the molecule is Cc1cccc(OCCc2ccnn2C)c1. The van der Waals surface area contributed by atoms with E-state index >= 15 is 0 Å². The maximum absolute atomic E-state index is 5.67. The van der Waals surface area contributed by atoms with Gasteiger partial charge in [0.25, 0.3) is 0 Å². The molecular formula is C13H16N2O. The molecule has 0 saturated carbocycles.